The van der Waals surface area contributed by atoms with Crippen LogP contribution in [0.3, 0.4) is 0 Å². The van der Waals surface area contributed by atoms with Gasteiger partial charge in [-0.2, -0.15) is 0 Å². The summed E-state index contributed by atoms with van der Waals surface area (Å²) in [7, 11) is 0. The molecule has 0 spiro atoms. The van der Waals surface area contributed by atoms with Crippen LogP contribution in [0, 0.1) is 15.9 Å². The number of aromatic nitrogens is 2. The Morgan fingerprint density at radius 1 is 1.50 bits per heavy atom. The SMILES string of the molecule is Nc1ncc(-c2cc([N+](=O)[O-])ccc2F)[nH]1. The molecule has 0 aliphatic carbocycles. The van der Waals surface area contributed by atoms with E-state index in [4.69, 9.17) is 5.73 Å². The van der Waals surface area contributed by atoms with Crippen molar-refractivity contribution in [1.82, 2.24) is 9.97 Å². The van der Waals surface area contributed by atoms with Crippen molar-refractivity contribution in [3.8, 4) is 11.3 Å². The number of halogens is 1. The molecule has 82 valence electrons. The van der Waals surface area contributed by atoms with Crippen molar-refractivity contribution in [3.05, 3.63) is 40.3 Å². The van der Waals surface area contributed by atoms with Gasteiger partial charge in [-0.1, -0.05) is 0 Å². The molecule has 0 aliphatic rings. The Morgan fingerprint density at radius 3 is 2.81 bits per heavy atom. The van der Waals surface area contributed by atoms with E-state index in [0.29, 0.717) is 5.69 Å². The minimum Gasteiger partial charge on any atom is -0.369 e. The Balaban J connectivity index is 2.55. The smallest absolute Gasteiger partial charge is 0.270 e. The van der Waals surface area contributed by atoms with Crippen LogP contribution in [0.2, 0.25) is 0 Å². The first kappa shape index (κ1) is 10.1. The third-order valence-electron chi connectivity index (χ3n) is 2.05. The van der Waals surface area contributed by atoms with E-state index in [9.17, 15) is 14.5 Å². The molecule has 0 saturated carbocycles. The molecular weight excluding hydrogens is 215 g/mol. The Bertz CT molecular complexity index is 552. The van der Waals surface area contributed by atoms with Crippen LogP contribution in [-0.4, -0.2) is 14.9 Å². The number of aromatic amines is 1. The van der Waals surface area contributed by atoms with Crippen LogP contribution in [0.1, 0.15) is 0 Å². The lowest BCUT2D eigenvalue weighted by Crippen LogP contribution is -1.92. The molecule has 0 amide bonds. The van der Waals surface area contributed by atoms with E-state index in [1.165, 1.54) is 6.20 Å². The van der Waals surface area contributed by atoms with Crippen LogP contribution in [-0.2, 0) is 0 Å². The Morgan fingerprint density at radius 2 is 2.25 bits per heavy atom. The summed E-state index contributed by atoms with van der Waals surface area (Å²) in [5.74, 6) is -0.449. The van der Waals surface area contributed by atoms with Crippen LogP contribution in [0.4, 0.5) is 16.0 Å². The van der Waals surface area contributed by atoms with Gasteiger partial charge in [-0.05, 0) is 6.07 Å². The first-order valence-electron chi connectivity index (χ1n) is 4.32. The maximum Gasteiger partial charge on any atom is 0.270 e. The summed E-state index contributed by atoms with van der Waals surface area (Å²) in [4.78, 5) is 16.2. The number of rotatable bonds is 2. The second-order valence-electron chi connectivity index (χ2n) is 3.10. The van der Waals surface area contributed by atoms with Crippen molar-refractivity contribution in [2.45, 2.75) is 0 Å². The predicted molar refractivity (Wildman–Crippen MR) is 55.0 cm³/mol. The fourth-order valence-corrected chi connectivity index (χ4v) is 1.31. The largest absolute Gasteiger partial charge is 0.369 e. The molecule has 1 aromatic heterocycles. The molecule has 0 bridgehead atoms. The quantitative estimate of drug-likeness (QED) is 0.596. The molecule has 2 rings (SSSR count). The van der Waals surface area contributed by atoms with Gasteiger partial charge in [0.15, 0.2) is 5.95 Å². The van der Waals surface area contributed by atoms with Gasteiger partial charge in [-0.3, -0.25) is 10.1 Å². The molecule has 6 nitrogen and oxygen atoms in total. The topological polar surface area (TPSA) is 97.8 Å². The zero-order chi connectivity index (χ0) is 11.7. The number of anilines is 1. The van der Waals surface area contributed by atoms with Crippen LogP contribution < -0.4 is 5.73 Å². The molecule has 7 heteroatoms. The highest BCUT2D eigenvalue weighted by Gasteiger charge is 2.13. The van der Waals surface area contributed by atoms with Gasteiger partial charge < -0.3 is 10.7 Å². The summed E-state index contributed by atoms with van der Waals surface area (Å²) in [6.07, 6.45) is 1.32. The highest BCUT2D eigenvalue weighted by atomic mass is 19.1. The van der Waals surface area contributed by atoms with Gasteiger partial charge in [0.05, 0.1) is 16.8 Å². The molecule has 0 radical (unpaired) electrons. The fraction of sp³-hybridized carbons (Fsp3) is 0. The Labute approximate surface area is 89.1 Å². The van der Waals surface area contributed by atoms with Gasteiger partial charge in [0.2, 0.25) is 0 Å². The highest BCUT2D eigenvalue weighted by Crippen LogP contribution is 2.25. The summed E-state index contributed by atoms with van der Waals surface area (Å²) < 4.78 is 13.4. The number of nitrogens with two attached hydrogens (primary N) is 1. The highest BCUT2D eigenvalue weighted by molar-refractivity contribution is 5.63. The first-order chi connectivity index (χ1) is 7.58. The van der Waals surface area contributed by atoms with Crippen molar-refractivity contribution >= 4 is 11.6 Å². The normalized spacial score (nSPS) is 10.3. The first-order valence-corrected chi connectivity index (χ1v) is 4.32. The maximum atomic E-state index is 13.4. The number of nitrogens with one attached hydrogen (secondary N) is 1. The van der Waals surface area contributed by atoms with Gasteiger partial charge in [0.1, 0.15) is 5.82 Å². The standard InChI is InChI=1S/C9H7FN4O2/c10-7-2-1-5(14(15)16)3-6(7)8-4-12-9(11)13-8/h1-4H,(H3,11,12,13). The van der Waals surface area contributed by atoms with Crippen LogP contribution >= 0.6 is 0 Å². The molecule has 2 aromatic rings. The number of nitrogens with zero attached hydrogens (tertiary/aromatic N) is 2. The van der Waals surface area contributed by atoms with Crippen LogP contribution in [0.15, 0.2) is 24.4 Å². The molecule has 0 aliphatic heterocycles. The summed E-state index contributed by atoms with van der Waals surface area (Å²) >= 11 is 0. The number of imidazole rings is 1. The summed E-state index contributed by atoms with van der Waals surface area (Å²) in [5, 5.41) is 10.5. The van der Waals surface area contributed by atoms with E-state index in [2.05, 4.69) is 9.97 Å². The maximum absolute atomic E-state index is 13.4. The summed E-state index contributed by atoms with van der Waals surface area (Å²) in [6.45, 7) is 0. The Kier molecular flexibility index (Phi) is 2.28. The number of hydrogen-bond donors (Lipinski definition) is 2. The molecule has 1 heterocycles. The number of non-ortho nitro benzene ring substituents is 1. The minimum atomic E-state index is -0.595. The second kappa shape index (κ2) is 3.61. The fourth-order valence-electron chi connectivity index (χ4n) is 1.31. The van der Waals surface area contributed by atoms with Crippen molar-refractivity contribution in [2.75, 3.05) is 5.73 Å². The molecule has 0 atom stereocenters. The molecule has 0 fully saturated rings. The van der Waals surface area contributed by atoms with E-state index in [0.717, 1.165) is 18.2 Å². The van der Waals surface area contributed by atoms with Crippen LogP contribution in [0.5, 0.6) is 0 Å². The lowest BCUT2D eigenvalue weighted by atomic mass is 10.1. The number of nitrogen functional groups attached to an aromatic ring is 1. The lowest BCUT2D eigenvalue weighted by Gasteiger charge is -1.99. The zero-order valence-corrected chi connectivity index (χ0v) is 7.98. The second-order valence-corrected chi connectivity index (χ2v) is 3.10. The summed E-state index contributed by atoms with van der Waals surface area (Å²) in [6, 6.07) is 3.26. The molecule has 16 heavy (non-hydrogen) atoms. The monoisotopic (exact) mass is 222 g/mol. The van der Waals surface area contributed by atoms with E-state index in [1.54, 1.807) is 0 Å². The van der Waals surface area contributed by atoms with Crippen molar-refractivity contribution in [3.63, 3.8) is 0 Å². The Hall–Kier alpha value is -2.44. The van der Waals surface area contributed by atoms with E-state index < -0.39 is 10.7 Å². The molecule has 1 aromatic carbocycles. The van der Waals surface area contributed by atoms with Gasteiger partial charge in [0.25, 0.3) is 5.69 Å². The van der Waals surface area contributed by atoms with Gasteiger partial charge in [-0.15, -0.1) is 0 Å². The number of H-pyrrole nitrogens is 1. The third-order valence-corrected chi connectivity index (χ3v) is 2.05. The third kappa shape index (κ3) is 1.70. The number of hydrogen-bond acceptors (Lipinski definition) is 4. The van der Waals surface area contributed by atoms with Gasteiger partial charge in [-0.25, -0.2) is 9.37 Å². The molecular formula is C9H7FN4O2. The number of nitro benzene ring substituents is 1. The lowest BCUT2D eigenvalue weighted by molar-refractivity contribution is -0.384. The van der Waals surface area contributed by atoms with Gasteiger partial charge >= 0.3 is 0 Å². The zero-order valence-electron chi connectivity index (χ0n) is 7.98. The average molecular weight is 222 g/mol. The van der Waals surface area contributed by atoms with Crippen LogP contribution in [0.25, 0.3) is 11.3 Å². The summed E-state index contributed by atoms with van der Waals surface area (Å²) in [5.41, 5.74) is 5.52. The molecule has 0 saturated heterocycles. The number of benzene rings is 1. The van der Waals surface area contributed by atoms with Gasteiger partial charge in [0, 0.05) is 17.7 Å². The molecule has 0 unspecified atom stereocenters. The average Bonchev–Trinajstić information content (AvgIpc) is 2.65. The van der Waals surface area contributed by atoms with Crippen molar-refractivity contribution in [1.29, 1.82) is 0 Å². The van der Waals surface area contributed by atoms with E-state index in [-0.39, 0.29) is 17.2 Å². The van der Waals surface area contributed by atoms with Crippen molar-refractivity contribution in [2.24, 2.45) is 0 Å². The van der Waals surface area contributed by atoms with E-state index >= 15 is 0 Å². The molecule has 3 N–H and O–H groups in total. The number of nitro groups is 1. The van der Waals surface area contributed by atoms with Crippen molar-refractivity contribution < 1.29 is 9.31 Å². The minimum absolute atomic E-state index is 0.0680. The predicted octanol–water partition coefficient (Wildman–Crippen LogP) is 1.71. The van der Waals surface area contributed by atoms with E-state index in [1.807, 2.05) is 0 Å².